The van der Waals surface area contributed by atoms with E-state index in [1.54, 1.807) is 0 Å². The number of benzene rings is 2. The van der Waals surface area contributed by atoms with Gasteiger partial charge >= 0.3 is 0 Å². The van der Waals surface area contributed by atoms with E-state index >= 15 is 0 Å². The Morgan fingerprint density at radius 2 is 1.94 bits per heavy atom. The summed E-state index contributed by atoms with van der Waals surface area (Å²) in [6, 6.07) is 12.7. The Morgan fingerprint density at radius 1 is 1.12 bits per heavy atom. The monoisotopic (exact) mass is 230 g/mol. The van der Waals surface area contributed by atoms with Crippen LogP contribution >= 0.6 is 0 Å². The average Bonchev–Trinajstić information content (AvgIpc) is 2.38. The minimum Gasteiger partial charge on any atom is -0.493 e. The number of ether oxygens (including phenoxy) is 1. The van der Waals surface area contributed by atoms with Crippen molar-refractivity contribution in [3.05, 3.63) is 42.0 Å². The lowest BCUT2D eigenvalue weighted by Gasteiger charge is -2.12. The molecular weight excluding hydrogens is 210 g/mol. The van der Waals surface area contributed by atoms with Crippen LogP contribution in [0.4, 0.5) is 0 Å². The van der Waals surface area contributed by atoms with Gasteiger partial charge in [-0.15, -0.1) is 0 Å². The molecule has 0 bridgehead atoms. The van der Waals surface area contributed by atoms with Crippen molar-refractivity contribution >= 4 is 10.8 Å². The first kappa shape index (κ1) is 11.9. The molecule has 2 nitrogen and oxygen atoms in total. The van der Waals surface area contributed by atoms with Gasteiger partial charge in [0.1, 0.15) is 12.3 Å². The third kappa shape index (κ3) is 2.59. The molecular formula is C15H20NO+. The van der Waals surface area contributed by atoms with E-state index in [0.29, 0.717) is 0 Å². The van der Waals surface area contributed by atoms with Crippen LogP contribution < -0.4 is 10.1 Å². The predicted molar refractivity (Wildman–Crippen MR) is 71.3 cm³/mol. The van der Waals surface area contributed by atoms with E-state index in [9.17, 15) is 0 Å². The van der Waals surface area contributed by atoms with Crippen LogP contribution in [0.15, 0.2) is 36.4 Å². The van der Waals surface area contributed by atoms with Gasteiger partial charge in [-0.1, -0.05) is 37.3 Å². The zero-order valence-electron chi connectivity index (χ0n) is 10.6. The van der Waals surface area contributed by atoms with Crippen LogP contribution in [0.2, 0.25) is 0 Å². The molecule has 0 heterocycles. The summed E-state index contributed by atoms with van der Waals surface area (Å²) in [6.07, 6.45) is 1.04. The Morgan fingerprint density at radius 3 is 2.71 bits per heavy atom. The summed E-state index contributed by atoms with van der Waals surface area (Å²) in [6.45, 7) is 3.88. The number of nitrogens with two attached hydrogens (primary N) is 1. The Bertz CT molecular complexity index is 493. The molecule has 2 rings (SSSR count). The van der Waals surface area contributed by atoms with Crippen LogP contribution in [-0.2, 0) is 6.54 Å². The Hall–Kier alpha value is -1.54. The molecule has 17 heavy (non-hydrogen) atoms. The molecule has 2 aromatic carbocycles. The molecule has 0 aliphatic heterocycles. The van der Waals surface area contributed by atoms with Crippen LogP contribution in [-0.4, -0.2) is 13.7 Å². The number of quaternary nitrogens is 1. The molecule has 0 saturated heterocycles. The normalized spacial score (nSPS) is 10.7. The van der Waals surface area contributed by atoms with Gasteiger partial charge in [0.2, 0.25) is 0 Å². The van der Waals surface area contributed by atoms with Crippen molar-refractivity contribution in [3.63, 3.8) is 0 Å². The zero-order valence-corrected chi connectivity index (χ0v) is 10.6. The Labute approximate surface area is 103 Å². The van der Waals surface area contributed by atoms with Gasteiger partial charge in [0.05, 0.1) is 19.2 Å². The van der Waals surface area contributed by atoms with Crippen molar-refractivity contribution in [1.82, 2.24) is 0 Å². The molecule has 0 radical (unpaired) electrons. The molecule has 0 aliphatic rings. The van der Waals surface area contributed by atoms with Crippen LogP contribution in [0, 0.1) is 0 Å². The topological polar surface area (TPSA) is 25.8 Å². The second-order valence-corrected chi connectivity index (χ2v) is 4.22. The fraction of sp³-hybridized carbons (Fsp3) is 0.333. The van der Waals surface area contributed by atoms with Gasteiger partial charge in [-0.25, -0.2) is 0 Å². The van der Waals surface area contributed by atoms with Gasteiger partial charge in [-0.2, -0.15) is 0 Å². The highest BCUT2D eigenvalue weighted by molar-refractivity contribution is 5.87. The molecule has 2 heteroatoms. The summed E-state index contributed by atoms with van der Waals surface area (Å²) in [5.41, 5.74) is 1.30. The maximum absolute atomic E-state index is 5.83. The highest BCUT2D eigenvalue weighted by Gasteiger charge is 2.09. The molecule has 0 unspecified atom stereocenters. The van der Waals surface area contributed by atoms with Gasteiger partial charge in [-0.05, 0) is 23.3 Å². The van der Waals surface area contributed by atoms with E-state index in [1.165, 1.54) is 16.3 Å². The highest BCUT2D eigenvalue weighted by Crippen LogP contribution is 2.27. The molecule has 90 valence electrons. The summed E-state index contributed by atoms with van der Waals surface area (Å²) in [5.74, 6) is 1.03. The average molecular weight is 230 g/mol. The summed E-state index contributed by atoms with van der Waals surface area (Å²) >= 11 is 0. The second kappa shape index (κ2) is 5.69. The van der Waals surface area contributed by atoms with Crippen molar-refractivity contribution in [1.29, 1.82) is 0 Å². The maximum Gasteiger partial charge on any atom is 0.128 e. The van der Waals surface area contributed by atoms with Crippen LogP contribution in [0.1, 0.15) is 18.9 Å². The molecule has 0 atom stereocenters. The number of hydrogen-bond donors (Lipinski definition) is 1. The third-order valence-electron chi connectivity index (χ3n) is 2.87. The first-order valence-electron chi connectivity index (χ1n) is 6.28. The molecule has 2 aromatic rings. The molecule has 0 amide bonds. The van der Waals surface area contributed by atoms with E-state index in [1.807, 2.05) is 0 Å². The molecule has 0 fully saturated rings. The van der Waals surface area contributed by atoms with Crippen molar-refractivity contribution in [2.75, 3.05) is 13.7 Å². The molecule has 0 spiro atoms. The quantitative estimate of drug-likeness (QED) is 0.838. The minimum atomic E-state index is 0.787. The third-order valence-corrected chi connectivity index (χ3v) is 2.87. The van der Waals surface area contributed by atoms with Crippen LogP contribution in [0.3, 0.4) is 0 Å². The smallest absolute Gasteiger partial charge is 0.128 e. The molecule has 0 aliphatic carbocycles. The Kier molecular flexibility index (Phi) is 3.99. The van der Waals surface area contributed by atoms with E-state index in [4.69, 9.17) is 4.74 Å². The molecule has 0 aromatic heterocycles. The van der Waals surface area contributed by atoms with Gasteiger partial charge < -0.3 is 10.1 Å². The maximum atomic E-state index is 5.83. The van der Waals surface area contributed by atoms with Crippen molar-refractivity contribution in [2.45, 2.75) is 19.9 Å². The lowest BCUT2D eigenvalue weighted by atomic mass is 10.0. The number of fused-ring (bicyclic) bond motifs is 1. The molecule has 0 saturated carbocycles. The van der Waals surface area contributed by atoms with Gasteiger partial charge in [0, 0.05) is 0 Å². The fourth-order valence-corrected chi connectivity index (χ4v) is 2.08. The Balaban J connectivity index is 2.47. The number of rotatable bonds is 5. The van der Waals surface area contributed by atoms with E-state index in [0.717, 1.165) is 25.3 Å². The van der Waals surface area contributed by atoms with Crippen molar-refractivity contribution in [3.8, 4) is 5.75 Å². The van der Waals surface area contributed by atoms with Crippen LogP contribution in [0.25, 0.3) is 10.8 Å². The van der Waals surface area contributed by atoms with E-state index in [2.05, 4.69) is 55.7 Å². The highest BCUT2D eigenvalue weighted by atomic mass is 16.5. The molecule has 2 N–H and O–H groups in total. The standard InChI is InChI=1S/C15H19NO/c1-3-10-17-15-9-8-12-6-4-5-7-13(12)14(15)11-16-2/h4-9,16H,3,10-11H2,1-2H3/p+1. The van der Waals surface area contributed by atoms with Gasteiger partial charge in [-0.3, -0.25) is 0 Å². The first-order chi connectivity index (χ1) is 8.36. The van der Waals surface area contributed by atoms with E-state index in [-0.39, 0.29) is 0 Å². The zero-order chi connectivity index (χ0) is 12.1. The fourth-order valence-electron chi connectivity index (χ4n) is 2.08. The summed E-state index contributed by atoms with van der Waals surface area (Å²) in [7, 11) is 2.09. The lowest BCUT2D eigenvalue weighted by Crippen LogP contribution is -2.77. The lowest BCUT2D eigenvalue weighted by molar-refractivity contribution is -0.643. The van der Waals surface area contributed by atoms with Crippen molar-refractivity contribution < 1.29 is 10.1 Å². The number of hydrogen-bond acceptors (Lipinski definition) is 1. The summed E-state index contributed by atoms with van der Waals surface area (Å²) in [4.78, 5) is 0. The van der Waals surface area contributed by atoms with Crippen LogP contribution in [0.5, 0.6) is 5.75 Å². The first-order valence-corrected chi connectivity index (χ1v) is 6.28. The minimum absolute atomic E-state index is 0.787. The van der Waals surface area contributed by atoms with Crippen molar-refractivity contribution in [2.24, 2.45) is 0 Å². The van der Waals surface area contributed by atoms with Gasteiger partial charge in [0.25, 0.3) is 0 Å². The predicted octanol–water partition coefficient (Wildman–Crippen LogP) is 2.32. The summed E-state index contributed by atoms with van der Waals surface area (Å²) < 4.78 is 5.83. The van der Waals surface area contributed by atoms with E-state index < -0.39 is 0 Å². The van der Waals surface area contributed by atoms with Gasteiger partial charge in [0.15, 0.2) is 0 Å². The largest absolute Gasteiger partial charge is 0.493 e. The second-order valence-electron chi connectivity index (χ2n) is 4.22. The summed E-state index contributed by atoms with van der Waals surface area (Å²) in [5, 5.41) is 4.77. The SMILES string of the molecule is CCCOc1ccc2ccccc2c1C[NH2+]C.